The molecule has 1 aliphatic rings. The first-order chi connectivity index (χ1) is 12.0. The molecule has 1 aromatic carbocycles. The molecule has 9 heteroatoms. The number of benzene rings is 1. The summed E-state index contributed by atoms with van der Waals surface area (Å²) in [4.78, 5) is 9.42. The van der Waals surface area contributed by atoms with Gasteiger partial charge in [0.1, 0.15) is 5.82 Å². The lowest BCUT2D eigenvalue weighted by Crippen LogP contribution is -2.50. The number of nitrogens with zero attached hydrogens (tertiary/aromatic N) is 3. The van der Waals surface area contributed by atoms with Crippen molar-refractivity contribution < 1.29 is 17.5 Å². The van der Waals surface area contributed by atoms with E-state index < -0.39 is 15.8 Å². The summed E-state index contributed by atoms with van der Waals surface area (Å²) in [6.45, 7) is 4.01. The first-order valence-corrected chi connectivity index (χ1v) is 9.48. The predicted molar refractivity (Wildman–Crippen MR) is 90.3 cm³/mol. The van der Waals surface area contributed by atoms with Crippen molar-refractivity contribution in [3.8, 4) is 5.75 Å². The van der Waals surface area contributed by atoms with Gasteiger partial charge >= 0.3 is 0 Å². The van der Waals surface area contributed by atoms with E-state index in [-0.39, 0.29) is 23.2 Å². The summed E-state index contributed by atoms with van der Waals surface area (Å²) in [5, 5.41) is 0. The Morgan fingerprint density at radius 2 is 2.20 bits per heavy atom. The molecule has 136 valence electrons. The Hall–Kier alpha value is -1.97. The van der Waals surface area contributed by atoms with Crippen LogP contribution >= 0.6 is 0 Å². The van der Waals surface area contributed by atoms with Gasteiger partial charge in [-0.1, -0.05) is 6.92 Å². The second kappa shape index (κ2) is 7.11. The zero-order valence-electron chi connectivity index (χ0n) is 14.1. The van der Waals surface area contributed by atoms with Crippen LogP contribution in [0.1, 0.15) is 18.8 Å². The Morgan fingerprint density at radius 3 is 2.80 bits per heavy atom. The molecule has 1 aliphatic heterocycles. The first kappa shape index (κ1) is 17.8. The fourth-order valence-electron chi connectivity index (χ4n) is 3.07. The molecule has 25 heavy (non-hydrogen) atoms. The molecule has 2 aromatic rings. The van der Waals surface area contributed by atoms with E-state index in [1.54, 1.807) is 12.4 Å². The van der Waals surface area contributed by atoms with E-state index >= 15 is 0 Å². The summed E-state index contributed by atoms with van der Waals surface area (Å²) in [6.07, 6.45) is 3.37. The van der Waals surface area contributed by atoms with Crippen LogP contribution in [0.4, 0.5) is 4.39 Å². The number of halogens is 1. The van der Waals surface area contributed by atoms with Gasteiger partial charge in [0.15, 0.2) is 11.6 Å². The Bertz CT molecular complexity index is 826. The summed E-state index contributed by atoms with van der Waals surface area (Å²) < 4.78 is 46.0. The molecule has 0 bridgehead atoms. The van der Waals surface area contributed by atoms with Gasteiger partial charge in [0, 0.05) is 32.0 Å². The second-order valence-corrected chi connectivity index (χ2v) is 7.72. The Labute approximate surface area is 146 Å². The molecule has 0 spiro atoms. The number of ether oxygens (including phenoxy) is 1. The Morgan fingerprint density at radius 1 is 1.40 bits per heavy atom. The van der Waals surface area contributed by atoms with E-state index in [1.165, 1.54) is 23.5 Å². The second-order valence-electron chi connectivity index (χ2n) is 5.78. The number of hydrogen-bond donors (Lipinski definition) is 1. The van der Waals surface area contributed by atoms with Crippen LogP contribution in [0.5, 0.6) is 5.75 Å². The lowest BCUT2D eigenvalue weighted by Gasteiger charge is -2.39. The lowest BCUT2D eigenvalue weighted by atomic mass is 10.2. The van der Waals surface area contributed by atoms with E-state index in [9.17, 15) is 12.8 Å². The smallest absolute Gasteiger partial charge is 0.243 e. The van der Waals surface area contributed by atoms with Crippen molar-refractivity contribution in [2.24, 2.45) is 0 Å². The minimum absolute atomic E-state index is 0.0169. The zero-order chi connectivity index (χ0) is 18.0. The largest absolute Gasteiger partial charge is 0.494 e. The molecule has 0 saturated carbocycles. The van der Waals surface area contributed by atoms with Gasteiger partial charge in [0.05, 0.1) is 18.0 Å². The molecule has 0 radical (unpaired) electrons. The van der Waals surface area contributed by atoms with Crippen molar-refractivity contribution in [3.63, 3.8) is 0 Å². The van der Waals surface area contributed by atoms with Crippen LogP contribution in [0, 0.1) is 5.82 Å². The molecule has 1 fully saturated rings. The standard InChI is InChI=1S/C16H21FN4O3S/c1-3-20-8-9-21(11-14(20)16-18-6-7-19-16)25(22,23)12-4-5-15(24-2)13(17)10-12/h4-7,10,14H,3,8-9,11H2,1-2H3,(H,18,19)/t14-/m0/s1. The van der Waals surface area contributed by atoms with Crippen LogP contribution in [0.3, 0.4) is 0 Å². The number of methoxy groups -OCH3 is 1. The Kier molecular flexibility index (Phi) is 5.07. The number of hydrogen-bond acceptors (Lipinski definition) is 5. The molecule has 0 aliphatic carbocycles. The van der Waals surface area contributed by atoms with Crippen molar-refractivity contribution >= 4 is 10.0 Å². The highest BCUT2D eigenvalue weighted by molar-refractivity contribution is 7.89. The average molecular weight is 368 g/mol. The number of rotatable bonds is 5. The van der Waals surface area contributed by atoms with Crippen LogP contribution in [0.25, 0.3) is 0 Å². The number of likely N-dealkylation sites (N-methyl/N-ethyl adjacent to an activating group) is 1. The van der Waals surface area contributed by atoms with E-state index in [0.717, 1.165) is 18.4 Å². The van der Waals surface area contributed by atoms with Crippen molar-refractivity contribution in [1.82, 2.24) is 19.2 Å². The number of nitrogens with one attached hydrogen (secondary N) is 1. The monoisotopic (exact) mass is 368 g/mol. The average Bonchev–Trinajstić information content (AvgIpc) is 3.15. The maximum atomic E-state index is 13.9. The van der Waals surface area contributed by atoms with Gasteiger partial charge in [0.25, 0.3) is 0 Å². The highest BCUT2D eigenvalue weighted by Gasteiger charge is 2.35. The molecule has 1 saturated heterocycles. The van der Waals surface area contributed by atoms with Crippen LogP contribution in [0.2, 0.25) is 0 Å². The molecular formula is C16H21FN4O3S. The van der Waals surface area contributed by atoms with Crippen LogP contribution in [-0.2, 0) is 10.0 Å². The Balaban J connectivity index is 1.88. The van der Waals surface area contributed by atoms with E-state index in [4.69, 9.17) is 4.74 Å². The van der Waals surface area contributed by atoms with Gasteiger partial charge in [-0.15, -0.1) is 0 Å². The maximum absolute atomic E-state index is 13.9. The van der Waals surface area contributed by atoms with E-state index in [2.05, 4.69) is 14.9 Å². The van der Waals surface area contributed by atoms with E-state index in [0.29, 0.717) is 13.1 Å². The molecule has 1 atom stereocenters. The third kappa shape index (κ3) is 3.39. The van der Waals surface area contributed by atoms with Gasteiger partial charge in [0.2, 0.25) is 10.0 Å². The highest BCUT2D eigenvalue weighted by Crippen LogP contribution is 2.28. The van der Waals surface area contributed by atoms with Crippen LogP contribution in [-0.4, -0.2) is 60.9 Å². The summed E-state index contributed by atoms with van der Waals surface area (Å²) >= 11 is 0. The number of sulfonamides is 1. The molecule has 2 heterocycles. The van der Waals surface area contributed by atoms with Gasteiger partial charge < -0.3 is 9.72 Å². The van der Waals surface area contributed by atoms with Crippen molar-refractivity contribution in [3.05, 3.63) is 42.2 Å². The quantitative estimate of drug-likeness (QED) is 0.868. The highest BCUT2D eigenvalue weighted by atomic mass is 32.2. The molecule has 7 nitrogen and oxygen atoms in total. The minimum atomic E-state index is -3.80. The third-order valence-corrected chi connectivity index (χ3v) is 6.32. The number of imidazole rings is 1. The fourth-order valence-corrected chi connectivity index (χ4v) is 4.52. The summed E-state index contributed by atoms with van der Waals surface area (Å²) in [7, 11) is -2.46. The van der Waals surface area contributed by atoms with Gasteiger partial charge in [-0.25, -0.2) is 17.8 Å². The molecule has 1 aromatic heterocycles. The summed E-state index contributed by atoms with van der Waals surface area (Å²) in [6, 6.07) is 3.54. The van der Waals surface area contributed by atoms with Crippen molar-refractivity contribution in [2.75, 3.05) is 33.3 Å². The minimum Gasteiger partial charge on any atom is -0.494 e. The molecule has 1 N–H and O–H groups in total. The summed E-state index contributed by atoms with van der Waals surface area (Å²) in [5.74, 6) is 0.0456. The van der Waals surface area contributed by atoms with E-state index in [1.807, 2.05) is 6.92 Å². The zero-order valence-corrected chi connectivity index (χ0v) is 15.0. The fraction of sp³-hybridized carbons (Fsp3) is 0.438. The number of aromatic amines is 1. The lowest BCUT2D eigenvalue weighted by molar-refractivity contribution is 0.119. The first-order valence-electron chi connectivity index (χ1n) is 8.04. The number of H-pyrrole nitrogens is 1. The predicted octanol–water partition coefficient (Wildman–Crippen LogP) is 1.62. The SMILES string of the molecule is CCN1CCN(S(=O)(=O)c2ccc(OC)c(F)c2)C[C@H]1c1ncc[nH]1. The van der Waals surface area contributed by atoms with Crippen molar-refractivity contribution in [1.29, 1.82) is 0 Å². The van der Waals surface area contributed by atoms with Crippen molar-refractivity contribution in [2.45, 2.75) is 17.9 Å². The van der Waals surface area contributed by atoms with Gasteiger partial charge in [-0.3, -0.25) is 4.90 Å². The van der Waals surface area contributed by atoms with Crippen LogP contribution in [0.15, 0.2) is 35.5 Å². The summed E-state index contributed by atoms with van der Waals surface area (Å²) in [5.41, 5.74) is 0. The maximum Gasteiger partial charge on any atom is 0.243 e. The third-order valence-electron chi connectivity index (χ3n) is 4.46. The van der Waals surface area contributed by atoms with Crippen LogP contribution < -0.4 is 4.74 Å². The number of piperazine rings is 1. The molecule has 0 unspecified atom stereocenters. The normalized spacial score (nSPS) is 19.9. The number of aromatic nitrogens is 2. The molecular weight excluding hydrogens is 347 g/mol. The van der Waals surface area contributed by atoms with Gasteiger partial charge in [-0.2, -0.15) is 4.31 Å². The molecule has 3 rings (SSSR count). The molecule has 0 amide bonds. The topological polar surface area (TPSA) is 78.5 Å². The van der Waals surface area contributed by atoms with Gasteiger partial charge in [-0.05, 0) is 24.7 Å².